The molecule has 0 spiro atoms. The van der Waals surface area contributed by atoms with Crippen LogP contribution >= 0.6 is 23.2 Å². The number of fused-ring (bicyclic) bond motifs is 3. The molecule has 2 aromatic heterocycles. The maximum atomic E-state index is 12.5. The molecule has 146 valence electrons. The van der Waals surface area contributed by atoms with Crippen molar-refractivity contribution in [1.29, 1.82) is 0 Å². The zero-order valence-electron chi connectivity index (χ0n) is 14.6. The number of aliphatic carboxylic acids is 1. The molecule has 10 heteroatoms. The molecule has 0 saturated carbocycles. The maximum absolute atomic E-state index is 12.5. The van der Waals surface area contributed by atoms with Gasteiger partial charge in [0.1, 0.15) is 12.9 Å². The summed E-state index contributed by atoms with van der Waals surface area (Å²) in [6.07, 6.45) is 1.24. The van der Waals surface area contributed by atoms with Gasteiger partial charge in [0, 0.05) is 20.8 Å². The topological polar surface area (TPSA) is 117 Å². The van der Waals surface area contributed by atoms with Gasteiger partial charge >= 0.3 is 5.97 Å². The molecule has 3 N–H and O–H groups in total. The minimum atomic E-state index is -1.21. The van der Waals surface area contributed by atoms with Crippen molar-refractivity contribution >= 4 is 51.5 Å². The predicted molar refractivity (Wildman–Crippen MR) is 108 cm³/mol. The van der Waals surface area contributed by atoms with E-state index in [1.807, 2.05) is 6.07 Å². The number of amides is 1. The lowest BCUT2D eigenvalue weighted by atomic mass is 9.98. The van der Waals surface area contributed by atoms with Gasteiger partial charge in [0.2, 0.25) is 0 Å². The Hall–Kier alpha value is -3.36. The van der Waals surface area contributed by atoms with Crippen molar-refractivity contribution < 1.29 is 19.8 Å². The molecule has 0 aliphatic heterocycles. The van der Waals surface area contributed by atoms with E-state index in [-0.39, 0.29) is 11.4 Å². The lowest BCUT2D eigenvalue weighted by molar-refractivity contribution is -0.135. The first-order valence-corrected chi connectivity index (χ1v) is 9.06. The Labute approximate surface area is 173 Å². The molecule has 2 aromatic carbocycles. The van der Waals surface area contributed by atoms with Crippen molar-refractivity contribution in [3.8, 4) is 16.9 Å². The molecule has 29 heavy (non-hydrogen) atoms. The second kappa shape index (κ2) is 7.23. The van der Waals surface area contributed by atoms with E-state index in [0.717, 1.165) is 0 Å². The van der Waals surface area contributed by atoms with Crippen LogP contribution in [0.3, 0.4) is 0 Å². The predicted octanol–water partition coefficient (Wildman–Crippen LogP) is 3.38. The number of rotatable bonds is 4. The lowest BCUT2D eigenvalue weighted by Gasteiger charge is -2.14. The lowest BCUT2D eigenvalue weighted by Crippen LogP contribution is -2.31. The first-order valence-electron chi connectivity index (χ1n) is 8.30. The summed E-state index contributed by atoms with van der Waals surface area (Å²) in [4.78, 5) is 27.5. The van der Waals surface area contributed by atoms with Gasteiger partial charge in [0.05, 0.1) is 0 Å². The minimum absolute atomic E-state index is 0.215. The smallest absolute Gasteiger partial charge is 0.322 e. The molecule has 0 atom stereocenters. The fourth-order valence-corrected chi connectivity index (χ4v) is 3.71. The van der Waals surface area contributed by atoms with Crippen molar-refractivity contribution in [2.75, 3.05) is 6.54 Å². The van der Waals surface area contributed by atoms with Gasteiger partial charge in [-0.15, -0.1) is 0 Å². The third-order valence-corrected chi connectivity index (χ3v) is 4.75. The molecule has 0 aliphatic rings. The number of carbonyl (C=O) groups excluding carboxylic acids is 1. The number of halogens is 2. The molecule has 4 aromatic rings. The number of nitrogens with zero attached hydrogens (tertiary/aromatic N) is 3. The van der Waals surface area contributed by atoms with E-state index in [4.69, 9.17) is 28.3 Å². The van der Waals surface area contributed by atoms with Crippen LogP contribution in [0.1, 0.15) is 10.5 Å². The van der Waals surface area contributed by atoms with E-state index in [9.17, 15) is 14.7 Å². The summed E-state index contributed by atoms with van der Waals surface area (Å²) in [6, 6.07) is 10.2. The summed E-state index contributed by atoms with van der Waals surface area (Å²) in [5.41, 5.74) is 1.47. The van der Waals surface area contributed by atoms with E-state index in [1.165, 1.54) is 10.8 Å². The average Bonchev–Trinajstić information content (AvgIpc) is 3.14. The molecule has 0 fully saturated rings. The van der Waals surface area contributed by atoms with E-state index in [2.05, 4.69) is 15.4 Å². The van der Waals surface area contributed by atoms with Crippen LogP contribution in [-0.4, -0.2) is 43.2 Å². The third kappa shape index (κ3) is 3.32. The Bertz CT molecular complexity index is 1280. The summed E-state index contributed by atoms with van der Waals surface area (Å²) in [5.74, 6) is -2.36. The molecule has 2 heterocycles. The van der Waals surface area contributed by atoms with Gasteiger partial charge in [0.15, 0.2) is 17.1 Å². The summed E-state index contributed by atoms with van der Waals surface area (Å²) < 4.78 is 1.17. The number of carboxylic acids is 1. The number of benzene rings is 2. The van der Waals surface area contributed by atoms with Gasteiger partial charge in [-0.3, -0.25) is 9.59 Å². The van der Waals surface area contributed by atoms with Gasteiger partial charge in [-0.25, -0.2) is 9.50 Å². The van der Waals surface area contributed by atoms with Crippen molar-refractivity contribution in [2.45, 2.75) is 0 Å². The molecule has 0 saturated heterocycles. The molecule has 4 rings (SSSR count). The van der Waals surface area contributed by atoms with Crippen molar-refractivity contribution in [3.63, 3.8) is 0 Å². The highest BCUT2D eigenvalue weighted by atomic mass is 35.5. The molecule has 0 radical (unpaired) electrons. The van der Waals surface area contributed by atoms with Gasteiger partial charge < -0.3 is 15.5 Å². The molecular weight excluding hydrogens is 419 g/mol. The number of nitrogens with one attached hydrogen (secondary N) is 1. The first-order chi connectivity index (χ1) is 13.9. The van der Waals surface area contributed by atoms with Crippen molar-refractivity contribution in [3.05, 3.63) is 58.5 Å². The third-order valence-electron chi connectivity index (χ3n) is 4.32. The normalized spacial score (nSPS) is 11.1. The molecule has 0 unspecified atom stereocenters. The van der Waals surface area contributed by atoms with Crippen LogP contribution < -0.4 is 5.32 Å². The van der Waals surface area contributed by atoms with Crippen LogP contribution in [0, 0.1) is 0 Å². The standard InChI is InChI=1S/C19H12Cl2N4O4/c20-10-4-9(5-11(21)6-10)12-2-1-3-13-15(12)18-23-8-24-25(18)16(17(13)28)19(29)22-7-14(26)27/h1-6,8,28H,7H2,(H,22,29)(H,26,27). The van der Waals surface area contributed by atoms with E-state index >= 15 is 0 Å². The number of hydrogen-bond acceptors (Lipinski definition) is 5. The van der Waals surface area contributed by atoms with Crippen LogP contribution in [0.15, 0.2) is 42.7 Å². The van der Waals surface area contributed by atoms with Crippen LogP contribution in [0.2, 0.25) is 10.0 Å². The van der Waals surface area contributed by atoms with E-state index in [1.54, 1.807) is 30.3 Å². The van der Waals surface area contributed by atoms with Crippen LogP contribution in [0.5, 0.6) is 5.75 Å². The first kappa shape index (κ1) is 19.0. The maximum Gasteiger partial charge on any atom is 0.322 e. The Balaban J connectivity index is 2.02. The van der Waals surface area contributed by atoms with Crippen LogP contribution in [0.25, 0.3) is 27.5 Å². The molecule has 8 nitrogen and oxygen atoms in total. The Kier molecular flexibility index (Phi) is 4.73. The van der Waals surface area contributed by atoms with Gasteiger partial charge in [0.25, 0.3) is 5.91 Å². The van der Waals surface area contributed by atoms with Crippen LogP contribution in [-0.2, 0) is 4.79 Å². The summed E-state index contributed by atoms with van der Waals surface area (Å²) >= 11 is 12.3. The largest absolute Gasteiger partial charge is 0.505 e. The fraction of sp³-hybridized carbons (Fsp3) is 0.0526. The van der Waals surface area contributed by atoms with Gasteiger partial charge in [-0.2, -0.15) is 5.10 Å². The number of carbonyl (C=O) groups is 2. The number of pyridine rings is 1. The van der Waals surface area contributed by atoms with Crippen molar-refractivity contribution in [1.82, 2.24) is 19.9 Å². The highest BCUT2D eigenvalue weighted by molar-refractivity contribution is 6.35. The van der Waals surface area contributed by atoms with E-state index < -0.39 is 18.4 Å². The zero-order valence-corrected chi connectivity index (χ0v) is 16.1. The molecular formula is C19H12Cl2N4O4. The number of aromatic nitrogens is 3. The zero-order chi connectivity index (χ0) is 20.7. The summed E-state index contributed by atoms with van der Waals surface area (Å²) in [7, 11) is 0. The molecule has 0 bridgehead atoms. The highest BCUT2D eigenvalue weighted by Crippen LogP contribution is 2.38. The Morgan fingerprint density at radius 3 is 2.55 bits per heavy atom. The van der Waals surface area contributed by atoms with Crippen LogP contribution in [0.4, 0.5) is 0 Å². The van der Waals surface area contributed by atoms with Gasteiger partial charge in [-0.1, -0.05) is 41.4 Å². The average molecular weight is 431 g/mol. The minimum Gasteiger partial charge on any atom is -0.505 e. The summed E-state index contributed by atoms with van der Waals surface area (Å²) in [6.45, 7) is -0.604. The molecule has 0 aliphatic carbocycles. The number of hydrogen-bond donors (Lipinski definition) is 3. The quantitative estimate of drug-likeness (QED) is 0.456. The second-order valence-corrected chi connectivity index (χ2v) is 7.03. The Morgan fingerprint density at radius 1 is 1.14 bits per heavy atom. The summed E-state index contributed by atoms with van der Waals surface area (Å²) in [5, 5.41) is 27.7. The SMILES string of the molecule is O=C(O)CNC(=O)c1c(O)c2cccc(-c3cc(Cl)cc(Cl)c3)c2c2ncnn12. The highest BCUT2D eigenvalue weighted by Gasteiger charge is 2.23. The number of aromatic hydroxyl groups is 1. The van der Waals surface area contributed by atoms with Crippen molar-refractivity contribution in [2.24, 2.45) is 0 Å². The fourth-order valence-electron chi connectivity index (χ4n) is 3.19. The second-order valence-electron chi connectivity index (χ2n) is 6.16. The molecule has 1 amide bonds. The monoisotopic (exact) mass is 430 g/mol. The number of carboxylic acid groups (broad SMARTS) is 1. The van der Waals surface area contributed by atoms with E-state index in [0.29, 0.717) is 37.6 Å². The Morgan fingerprint density at radius 2 is 1.86 bits per heavy atom. The van der Waals surface area contributed by atoms with Gasteiger partial charge in [-0.05, 0) is 29.3 Å².